The van der Waals surface area contributed by atoms with Gasteiger partial charge in [0.15, 0.2) is 0 Å². The topological polar surface area (TPSA) is 63.4 Å². The maximum atomic E-state index is 12.5. The molecule has 1 aliphatic rings. The summed E-state index contributed by atoms with van der Waals surface area (Å²) in [6.45, 7) is 3.19. The number of hydrogen-bond donors (Lipinski definition) is 1. The Morgan fingerprint density at radius 1 is 1.44 bits per heavy atom. The monoisotopic (exact) mass is 288 g/mol. The number of nitrogens with zero attached hydrogens (tertiary/aromatic N) is 1. The highest BCUT2D eigenvalue weighted by Gasteiger charge is 2.37. The van der Waals surface area contributed by atoms with Crippen LogP contribution in [0.4, 0.5) is 0 Å². The number of rotatable bonds is 7. The first-order chi connectivity index (χ1) is 8.59. The first kappa shape index (κ1) is 14.0. The lowest BCUT2D eigenvalue weighted by molar-refractivity contribution is 0.404. The van der Waals surface area contributed by atoms with Crippen molar-refractivity contribution in [3.8, 4) is 0 Å². The summed E-state index contributed by atoms with van der Waals surface area (Å²) in [5.74, 6) is 0. The Balaban J connectivity index is 2.21. The van der Waals surface area contributed by atoms with Crippen molar-refractivity contribution < 1.29 is 8.42 Å². The molecule has 0 aromatic carbocycles. The molecule has 1 fully saturated rings. The van der Waals surface area contributed by atoms with Crippen LogP contribution in [0.1, 0.15) is 31.1 Å². The zero-order chi connectivity index (χ0) is 13.2. The van der Waals surface area contributed by atoms with Crippen molar-refractivity contribution in [2.75, 3.05) is 13.1 Å². The zero-order valence-electron chi connectivity index (χ0n) is 10.6. The van der Waals surface area contributed by atoms with E-state index in [1.165, 1.54) is 11.3 Å². The molecule has 102 valence electrons. The van der Waals surface area contributed by atoms with Gasteiger partial charge in [-0.1, -0.05) is 6.92 Å². The standard InChI is InChI=1S/C12H20N2O2S2/c1-2-9-14(10-3-4-10)18(15,16)12-6-5-11(17-12)7-8-13/h5-6,10H,2-4,7-9,13H2,1H3. The van der Waals surface area contributed by atoms with Crippen LogP contribution in [0.2, 0.25) is 0 Å². The highest BCUT2D eigenvalue weighted by molar-refractivity contribution is 7.91. The van der Waals surface area contributed by atoms with E-state index in [0.717, 1.165) is 30.6 Å². The van der Waals surface area contributed by atoms with Crippen molar-refractivity contribution in [1.29, 1.82) is 0 Å². The summed E-state index contributed by atoms with van der Waals surface area (Å²) >= 11 is 1.35. The van der Waals surface area contributed by atoms with E-state index in [0.29, 0.717) is 17.3 Å². The molecule has 18 heavy (non-hydrogen) atoms. The maximum Gasteiger partial charge on any atom is 0.252 e. The van der Waals surface area contributed by atoms with E-state index in [4.69, 9.17) is 5.73 Å². The molecule has 0 atom stereocenters. The van der Waals surface area contributed by atoms with Crippen molar-refractivity contribution >= 4 is 21.4 Å². The largest absolute Gasteiger partial charge is 0.330 e. The van der Waals surface area contributed by atoms with Crippen LogP contribution < -0.4 is 5.73 Å². The second-order valence-electron chi connectivity index (χ2n) is 4.61. The van der Waals surface area contributed by atoms with Crippen molar-refractivity contribution in [2.24, 2.45) is 5.73 Å². The molecule has 0 radical (unpaired) electrons. The minimum Gasteiger partial charge on any atom is -0.330 e. The Bertz CT molecular complexity index is 492. The highest BCUT2D eigenvalue weighted by atomic mass is 32.2. The summed E-state index contributed by atoms with van der Waals surface area (Å²) in [6.07, 6.45) is 3.61. The second-order valence-corrected chi connectivity index (χ2v) is 7.89. The van der Waals surface area contributed by atoms with E-state index >= 15 is 0 Å². The maximum absolute atomic E-state index is 12.5. The van der Waals surface area contributed by atoms with Gasteiger partial charge < -0.3 is 5.73 Å². The van der Waals surface area contributed by atoms with Crippen LogP contribution in [0.3, 0.4) is 0 Å². The van der Waals surface area contributed by atoms with Crippen molar-refractivity contribution in [1.82, 2.24) is 4.31 Å². The molecule has 4 nitrogen and oxygen atoms in total. The second kappa shape index (κ2) is 5.69. The van der Waals surface area contributed by atoms with Gasteiger partial charge in [0.25, 0.3) is 10.0 Å². The average molecular weight is 288 g/mol. The fourth-order valence-electron chi connectivity index (χ4n) is 1.97. The van der Waals surface area contributed by atoms with Crippen molar-refractivity contribution in [3.63, 3.8) is 0 Å². The molecule has 1 aromatic rings. The molecular formula is C12H20N2O2S2. The molecule has 0 aliphatic heterocycles. The fourth-order valence-corrected chi connectivity index (χ4v) is 5.25. The summed E-state index contributed by atoms with van der Waals surface area (Å²) < 4.78 is 27.2. The lowest BCUT2D eigenvalue weighted by Gasteiger charge is -2.20. The minimum atomic E-state index is -3.29. The van der Waals surface area contributed by atoms with Gasteiger partial charge >= 0.3 is 0 Å². The Hall–Kier alpha value is -0.430. The van der Waals surface area contributed by atoms with Crippen LogP contribution in [-0.2, 0) is 16.4 Å². The third-order valence-electron chi connectivity index (χ3n) is 2.99. The highest BCUT2D eigenvalue weighted by Crippen LogP contribution is 2.34. The predicted octanol–water partition coefficient (Wildman–Crippen LogP) is 1.81. The van der Waals surface area contributed by atoms with Gasteiger partial charge in [-0.2, -0.15) is 4.31 Å². The van der Waals surface area contributed by atoms with Crippen LogP contribution in [0.5, 0.6) is 0 Å². The predicted molar refractivity (Wildman–Crippen MR) is 74.3 cm³/mol. The summed E-state index contributed by atoms with van der Waals surface area (Å²) in [5.41, 5.74) is 5.49. The van der Waals surface area contributed by atoms with Crippen LogP contribution in [0, 0.1) is 0 Å². The smallest absolute Gasteiger partial charge is 0.252 e. The van der Waals surface area contributed by atoms with Crippen LogP contribution in [0.15, 0.2) is 16.3 Å². The van der Waals surface area contributed by atoms with Gasteiger partial charge in [-0.15, -0.1) is 11.3 Å². The lowest BCUT2D eigenvalue weighted by Crippen LogP contribution is -2.33. The Labute approximate surface area is 113 Å². The van der Waals surface area contributed by atoms with Gasteiger partial charge in [-0.3, -0.25) is 0 Å². The van der Waals surface area contributed by atoms with Crippen molar-refractivity contribution in [3.05, 3.63) is 17.0 Å². The Kier molecular flexibility index (Phi) is 4.42. The molecule has 1 aromatic heterocycles. The SMILES string of the molecule is CCCN(C1CC1)S(=O)(=O)c1ccc(CCN)s1. The van der Waals surface area contributed by atoms with Gasteiger partial charge in [0.1, 0.15) is 4.21 Å². The number of nitrogens with two attached hydrogens (primary N) is 1. The first-order valence-electron chi connectivity index (χ1n) is 6.40. The van der Waals surface area contributed by atoms with E-state index in [1.807, 2.05) is 13.0 Å². The Morgan fingerprint density at radius 3 is 2.72 bits per heavy atom. The van der Waals surface area contributed by atoms with Crippen molar-refractivity contribution in [2.45, 2.75) is 42.9 Å². The summed E-state index contributed by atoms with van der Waals surface area (Å²) in [7, 11) is -3.29. The number of sulfonamides is 1. The normalized spacial score (nSPS) is 16.4. The van der Waals surface area contributed by atoms with Crippen LogP contribution in [-0.4, -0.2) is 31.9 Å². The van der Waals surface area contributed by atoms with Crippen LogP contribution >= 0.6 is 11.3 Å². The van der Waals surface area contributed by atoms with Gasteiger partial charge in [0, 0.05) is 17.5 Å². The average Bonchev–Trinajstić information content (AvgIpc) is 3.05. The summed E-state index contributed by atoms with van der Waals surface area (Å²) in [4.78, 5) is 1.04. The molecule has 2 rings (SSSR count). The molecular weight excluding hydrogens is 268 g/mol. The van der Waals surface area contributed by atoms with Gasteiger partial charge in [-0.25, -0.2) is 8.42 Å². The van der Waals surface area contributed by atoms with Gasteiger partial charge in [0.2, 0.25) is 0 Å². The van der Waals surface area contributed by atoms with Gasteiger partial charge in [0.05, 0.1) is 0 Å². The molecule has 0 amide bonds. The molecule has 1 saturated carbocycles. The lowest BCUT2D eigenvalue weighted by atomic mass is 10.3. The number of hydrogen-bond acceptors (Lipinski definition) is 4. The minimum absolute atomic E-state index is 0.231. The summed E-state index contributed by atoms with van der Waals surface area (Å²) in [6, 6.07) is 3.83. The molecule has 1 heterocycles. The fraction of sp³-hybridized carbons (Fsp3) is 0.667. The Morgan fingerprint density at radius 2 is 2.17 bits per heavy atom. The number of thiophene rings is 1. The van der Waals surface area contributed by atoms with E-state index in [1.54, 1.807) is 10.4 Å². The molecule has 1 aliphatic carbocycles. The molecule has 6 heteroatoms. The zero-order valence-corrected chi connectivity index (χ0v) is 12.3. The van der Waals surface area contributed by atoms with E-state index < -0.39 is 10.0 Å². The van der Waals surface area contributed by atoms with Gasteiger partial charge in [-0.05, 0) is 44.4 Å². The molecule has 0 saturated heterocycles. The molecule has 0 bridgehead atoms. The first-order valence-corrected chi connectivity index (χ1v) is 8.66. The summed E-state index contributed by atoms with van der Waals surface area (Å²) in [5, 5.41) is 0. The third kappa shape index (κ3) is 2.93. The van der Waals surface area contributed by atoms with E-state index in [2.05, 4.69) is 0 Å². The molecule has 0 unspecified atom stereocenters. The quantitative estimate of drug-likeness (QED) is 0.832. The molecule has 2 N–H and O–H groups in total. The van der Waals surface area contributed by atoms with E-state index in [9.17, 15) is 8.42 Å². The third-order valence-corrected chi connectivity index (χ3v) is 6.55. The molecule has 0 spiro atoms. The van der Waals surface area contributed by atoms with E-state index in [-0.39, 0.29) is 6.04 Å². The van der Waals surface area contributed by atoms with Crippen LogP contribution in [0.25, 0.3) is 0 Å².